The van der Waals surface area contributed by atoms with Crippen LogP contribution in [0.3, 0.4) is 0 Å². The van der Waals surface area contributed by atoms with Crippen LogP contribution in [0.5, 0.6) is 0 Å². The summed E-state index contributed by atoms with van der Waals surface area (Å²) in [4.78, 5) is 35.1. The van der Waals surface area contributed by atoms with Crippen molar-refractivity contribution in [2.24, 2.45) is 0 Å². The third kappa shape index (κ3) is 6.30. The number of benzene rings is 1. The molecule has 2 aromatic rings. The lowest BCUT2D eigenvalue weighted by Crippen LogP contribution is -2.23. The molecule has 0 aliphatic rings. The minimum absolute atomic E-state index is 0.185. The lowest BCUT2D eigenvalue weighted by Gasteiger charge is -2.08. The topological polar surface area (TPSA) is 125 Å². The normalized spacial score (nSPS) is 10.2. The van der Waals surface area contributed by atoms with Gasteiger partial charge in [-0.1, -0.05) is 13.3 Å². The number of hydrogen-bond acceptors (Lipinski definition) is 8. The molecule has 0 aliphatic heterocycles. The molecular formula is C16H19N5O5. The Morgan fingerprint density at radius 3 is 2.58 bits per heavy atom. The minimum Gasteiger partial charge on any atom is -0.462 e. The fourth-order valence-electron chi connectivity index (χ4n) is 1.86. The highest BCUT2D eigenvalue weighted by atomic mass is 16.5. The van der Waals surface area contributed by atoms with Gasteiger partial charge < -0.3 is 14.8 Å². The van der Waals surface area contributed by atoms with Gasteiger partial charge in [-0.3, -0.25) is 9.59 Å². The summed E-state index contributed by atoms with van der Waals surface area (Å²) in [5.74, 6) is -1.56. The second-order valence-electron chi connectivity index (χ2n) is 5.28. The Bertz CT molecular complexity index is 730. The number of carbonyl (C=O) groups is 3. The van der Waals surface area contributed by atoms with E-state index in [1.165, 1.54) is 11.0 Å². The summed E-state index contributed by atoms with van der Waals surface area (Å²) in [5, 5.41) is 12.8. The highest BCUT2D eigenvalue weighted by Gasteiger charge is 2.10. The van der Waals surface area contributed by atoms with Gasteiger partial charge in [-0.2, -0.15) is 0 Å². The highest BCUT2D eigenvalue weighted by molar-refractivity contribution is 5.94. The standard InChI is InChI=1S/C16H19N5O5/c1-2-3-8-25-16(24)12-4-6-13(7-5-12)18-14(22)10-26-15(23)9-21-11-17-19-20-21/h4-7,11H,2-3,8-10H2,1H3,(H,18,22). The van der Waals surface area contributed by atoms with Crippen LogP contribution in [0.15, 0.2) is 30.6 Å². The van der Waals surface area contributed by atoms with Crippen molar-refractivity contribution in [3.05, 3.63) is 36.2 Å². The molecule has 1 aromatic heterocycles. The molecule has 2 rings (SSSR count). The molecule has 0 aliphatic carbocycles. The van der Waals surface area contributed by atoms with Crippen LogP contribution in [0.4, 0.5) is 5.69 Å². The fraction of sp³-hybridized carbons (Fsp3) is 0.375. The predicted molar refractivity (Wildman–Crippen MR) is 89.0 cm³/mol. The second kappa shape index (κ2) is 9.87. The van der Waals surface area contributed by atoms with Crippen molar-refractivity contribution in [2.45, 2.75) is 26.3 Å². The molecule has 138 valence electrons. The van der Waals surface area contributed by atoms with E-state index in [0.29, 0.717) is 17.9 Å². The molecule has 1 amide bonds. The molecule has 10 nitrogen and oxygen atoms in total. The van der Waals surface area contributed by atoms with Crippen molar-refractivity contribution in [3.63, 3.8) is 0 Å². The largest absolute Gasteiger partial charge is 0.462 e. The number of unbranched alkanes of at least 4 members (excludes halogenated alkanes) is 1. The number of aromatic nitrogens is 4. The third-order valence-electron chi connectivity index (χ3n) is 3.18. The number of hydrogen-bond donors (Lipinski definition) is 1. The molecule has 0 fully saturated rings. The van der Waals surface area contributed by atoms with E-state index in [1.54, 1.807) is 24.3 Å². The molecule has 0 spiro atoms. The molecule has 0 atom stereocenters. The number of ether oxygens (including phenoxy) is 2. The number of tetrazole rings is 1. The third-order valence-corrected chi connectivity index (χ3v) is 3.18. The van der Waals surface area contributed by atoms with Gasteiger partial charge in [0.05, 0.1) is 12.2 Å². The molecule has 1 aromatic carbocycles. The average molecular weight is 361 g/mol. The SMILES string of the molecule is CCCCOC(=O)c1ccc(NC(=O)COC(=O)Cn2cnnn2)cc1. The van der Waals surface area contributed by atoms with Crippen LogP contribution in [0.2, 0.25) is 0 Å². The summed E-state index contributed by atoms with van der Waals surface area (Å²) in [6.45, 7) is 1.76. The van der Waals surface area contributed by atoms with Crippen molar-refractivity contribution < 1.29 is 23.9 Å². The summed E-state index contributed by atoms with van der Waals surface area (Å²) < 4.78 is 11.1. The molecule has 10 heteroatoms. The number of nitrogens with zero attached hydrogens (tertiary/aromatic N) is 4. The van der Waals surface area contributed by atoms with Gasteiger partial charge in [0.2, 0.25) is 0 Å². The van der Waals surface area contributed by atoms with Gasteiger partial charge in [-0.05, 0) is 41.1 Å². The Morgan fingerprint density at radius 2 is 1.92 bits per heavy atom. The summed E-state index contributed by atoms with van der Waals surface area (Å²) in [6, 6.07) is 6.23. The van der Waals surface area contributed by atoms with Crippen LogP contribution >= 0.6 is 0 Å². The van der Waals surface area contributed by atoms with Crippen molar-refractivity contribution in [2.75, 3.05) is 18.5 Å². The second-order valence-corrected chi connectivity index (χ2v) is 5.28. The van der Waals surface area contributed by atoms with Crippen molar-refractivity contribution >= 4 is 23.5 Å². The number of rotatable bonds is 9. The van der Waals surface area contributed by atoms with Crippen LogP contribution in [0.25, 0.3) is 0 Å². The van der Waals surface area contributed by atoms with Gasteiger partial charge >= 0.3 is 11.9 Å². The Morgan fingerprint density at radius 1 is 1.15 bits per heavy atom. The van der Waals surface area contributed by atoms with E-state index in [0.717, 1.165) is 12.8 Å². The zero-order valence-corrected chi connectivity index (χ0v) is 14.3. The Balaban J connectivity index is 1.74. The Kier molecular flexibility index (Phi) is 7.22. The molecule has 1 N–H and O–H groups in total. The maximum absolute atomic E-state index is 11.8. The van der Waals surface area contributed by atoms with E-state index >= 15 is 0 Å². The van der Waals surface area contributed by atoms with E-state index in [-0.39, 0.29) is 6.54 Å². The minimum atomic E-state index is -0.641. The molecule has 0 saturated heterocycles. The van der Waals surface area contributed by atoms with Crippen molar-refractivity contribution in [1.82, 2.24) is 20.2 Å². The van der Waals surface area contributed by atoms with Gasteiger partial charge in [-0.15, -0.1) is 5.10 Å². The van der Waals surface area contributed by atoms with Gasteiger partial charge in [0.1, 0.15) is 12.9 Å². The summed E-state index contributed by atoms with van der Waals surface area (Å²) in [5.41, 5.74) is 0.864. The van der Waals surface area contributed by atoms with E-state index in [2.05, 4.69) is 20.8 Å². The predicted octanol–water partition coefficient (Wildman–Crippen LogP) is 0.812. The smallest absolute Gasteiger partial charge is 0.338 e. The first-order valence-corrected chi connectivity index (χ1v) is 8.02. The van der Waals surface area contributed by atoms with Crippen LogP contribution in [0.1, 0.15) is 30.1 Å². The van der Waals surface area contributed by atoms with Gasteiger partial charge in [0.25, 0.3) is 5.91 Å². The summed E-state index contributed by atoms with van der Waals surface area (Å²) in [6.07, 6.45) is 3.01. The monoisotopic (exact) mass is 361 g/mol. The lowest BCUT2D eigenvalue weighted by molar-refractivity contribution is -0.148. The van der Waals surface area contributed by atoms with Crippen LogP contribution < -0.4 is 5.32 Å². The highest BCUT2D eigenvalue weighted by Crippen LogP contribution is 2.11. The van der Waals surface area contributed by atoms with Crippen LogP contribution in [0, 0.1) is 0 Å². The quantitative estimate of drug-likeness (QED) is 0.514. The zero-order chi connectivity index (χ0) is 18.8. The van der Waals surface area contributed by atoms with Gasteiger partial charge in [0, 0.05) is 5.69 Å². The molecule has 0 unspecified atom stereocenters. The van der Waals surface area contributed by atoms with Gasteiger partial charge in [0.15, 0.2) is 6.61 Å². The number of carbonyl (C=O) groups excluding carboxylic acids is 3. The molecular weight excluding hydrogens is 342 g/mol. The maximum atomic E-state index is 11.8. The summed E-state index contributed by atoms with van der Waals surface area (Å²) >= 11 is 0. The van der Waals surface area contributed by atoms with Crippen molar-refractivity contribution in [3.8, 4) is 0 Å². The Labute approximate surface area is 149 Å². The molecule has 26 heavy (non-hydrogen) atoms. The van der Waals surface area contributed by atoms with Gasteiger partial charge in [-0.25, -0.2) is 9.48 Å². The number of anilines is 1. The molecule has 0 bridgehead atoms. The van der Waals surface area contributed by atoms with Crippen molar-refractivity contribution in [1.29, 1.82) is 0 Å². The number of nitrogens with one attached hydrogen (secondary N) is 1. The first-order chi connectivity index (χ1) is 12.6. The molecule has 1 heterocycles. The zero-order valence-electron chi connectivity index (χ0n) is 14.3. The molecule has 0 saturated carbocycles. The lowest BCUT2D eigenvalue weighted by atomic mass is 10.2. The maximum Gasteiger partial charge on any atom is 0.338 e. The molecule has 0 radical (unpaired) electrons. The first-order valence-electron chi connectivity index (χ1n) is 8.02. The van der Waals surface area contributed by atoms with E-state index in [1.807, 2.05) is 6.92 Å². The van der Waals surface area contributed by atoms with E-state index < -0.39 is 24.5 Å². The average Bonchev–Trinajstić information content (AvgIpc) is 3.13. The number of amides is 1. The summed E-state index contributed by atoms with van der Waals surface area (Å²) in [7, 11) is 0. The van der Waals surface area contributed by atoms with Crippen LogP contribution in [-0.2, 0) is 25.6 Å². The van der Waals surface area contributed by atoms with E-state index in [9.17, 15) is 14.4 Å². The van der Waals surface area contributed by atoms with Crippen LogP contribution in [-0.4, -0.2) is 51.3 Å². The Hall–Kier alpha value is -3.30. The fourth-order valence-corrected chi connectivity index (χ4v) is 1.86. The van der Waals surface area contributed by atoms with E-state index in [4.69, 9.17) is 9.47 Å². The first kappa shape index (κ1) is 19.0. The number of esters is 2.